The van der Waals surface area contributed by atoms with Crippen LogP contribution in [0.1, 0.15) is 53.4 Å². The van der Waals surface area contributed by atoms with Gasteiger partial charge in [0, 0.05) is 12.6 Å². The molecule has 0 heterocycles. The first-order valence-corrected chi connectivity index (χ1v) is 6.10. The van der Waals surface area contributed by atoms with Gasteiger partial charge in [0.25, 0.3) is 0 Å². The Hall–Kier alpha value is -0.0800. The molecule has 2 heteroatoms. The second kappa shape index (κ2) is 8.25. The summed E-state index contributed by atoms with van der Waals surface area (Å²) in [5.41, 5.74) is 0. The summed E-state index contributed by atoms with van der Waals surface area (Å²) in [5, 5.41) is 13.3. The number of hydrogen-bond acceptors (Lipinski definition) is 2. The van der Waals surface area contributed by atoms with Gasteiger partial charge in [-0.1, -0.05) is 40.5 Å². The highest BCUT2D eigenvalue weighted by molar-refractivity contribution is 4.71. The molecule has 0 spiro atoms. The molecule has 0 saturated carbocycles. The van der Waals surface area contributed by atoms with E-state index in [2.05, 4.69) is 33.0 Å². The van der Waals surface area contributed by atoms with Crippen LogP contribution in [0.2, 0.25) is 0 Å². The minimum atomic E-state index is -0.175. The van der Waals surface area contributed by atoms with Crippen molar-refractivity contribution in [2.24, 2.45) is 5.92 Å². The normalized spacial score (nSPS) is 13.9. The topological polar surface area (TPSA) is 32.3 Å². The van der Waals surface area contributed by atoms with E-state index in [1.807, 2.05) is 0 Å². The Labute approximate surface area is 89.1 Å². The molecule has 86 valence electrons. The molecule has 0 bridgehead atoms. The summed E-state index contributed by atoms with van der Waals surface area (Å²) in [4.78, 5) is 0. The maximum absolute atomic E-state index is 9.89. The van der Waals surface area contributed by atoms with Crippen molar-refractivity contribution in [3.05, 3.63) is 0 Å². The summed E-state index contributed by atoms with van der Waals surface area (Å²) < 4.78 is 0. The second-order valence-electron chi connectivity index (χ2n) is 4.07. The van der Waals surface area contributed by atoms with E-state index in [0.29, 0.717) is 12.0 Å². The number of aliphatic hydroxyl groups excluding tert-OH is 1. The molecule has 1 atom stereocenters. The summed E-state index contributed by atoms with van der Waals surface area (Å²) in [6.07, 6.45) is 4.26. The first-order chi connectivity index (χ1) is 6.69. The zero-order chi connectivity index (χ0) is 11.0. The lowest BCUT2D eigenvalue weighted by atomic mass is 9.96. The van der Waals surface area contributed by atoms with Crippen molar-refractivity contribution < 1.29 is 5.11 Å². The average molecular weight is 201 g/mol. The Balaban J connectivity index is 3.75. The second-order valence-corrected chi connectivity index (χ2v) is 4.07. The fourth-order valence-corrected chi connectivity index (χ4v) is 1.86. The lowest BCUT2D eigenvalue weighted by Gasteiger charge is -2.23. The maximum Gasteiger partial charge on any atom is 0.0692 e. The maximum atomic E-state index is 9.89. The van der Waals surface area contributed by atoms with Crippen LogP contribution in [0, 0.1) is 5.92 Å². The molecule has 0 aliphatic carbocycles. The molecule has 2 nitrogen and oxygen atoms in total. The highest BCUT2D eigenvalue weighted by atomic mass is 16.3. The minimum Gasteiger partial charge on any atom is -0.392 e. The Kier molecular flexibility index (Phi) is 8.20. The van der Waals surface area contributed by atoms with Gasteiger partial charge in [-0.25, -0.2) is 0 Å². The third-order valence-corrected chi connectivity index (χ3v) is 3.19. The summed E-state index contributed by atoms with van der Waals surface area (Å²) in [7, 11) is 0. The van der Waals surface area contributed by atoms with Crippen LogP contribution in [0.5, 0.6) is 0 Å². The number of hydrogen-bond donors (Lipinski definition) is 2. The van der Waals surface area contributed by atoms with Crippen LogP contribution >= 0.6 is 0 Å². The van der Waals surface area contributed by atoms with Crippen molar-refractivity contribution in [2.45, 2.75) is 65.5 Å². The van der Waals surface area contributed by atoms with Crippen molar-refractivity contribution >= 4 is 0 Å². The van der Waals surface area contributed by atoms with Gasteiger partial charge in [-0.15, -0.1) is 0 Å². The van der Waals surface area contributed by atoms with E-state index in [1.165, 1.54) is 0 Å². The van der Waals surface area contributed by atoms with Crippen LogP contribution < -0.4 is 5.32 Å². The van der Waals surface area contributed by atoms with E-state index >= 15 is 0 Å². The Morgan fingerprint density at radius 1 is 0.929 bits per heavy atom. The smallest absolute Gasteiger partial charge is 0.0692 e. The third-order valence-electron chi connectivity index (χ3n) is 3.19. The first kappa shape index (κ1) is 13.9. The van der Waals surface area contributed by atoms with Crippen molar-refractivity contribution in [2.75, 3.05) is 6.54 Å². The van der Waals surface area contributed by atoms with Crippen LogP contribution in [0.3, 0.4) is 0 Å². The Morgan fingerprint density at radius 3 is 1.79 bits per heavy atom. The molecule has 0 aromatic carbocycles. The largest absolute Gasteiger partial charge is 0.392 e. The lowest BCUT2D eigenvalue weighted by Crippen LogP contribution is -2.38. The predicted molar refractivity (Wildman–Crippen MR) is 62.5 cm³/mol. The Bertz CT molecular complexity index is 119. The van der Waals surface area contributed by atoms with Crippen LogP contribution in [-0.4, -0.2) is 23.8 Å². The fraction of sp³-hybridized carbons (Fsp3) is 1.00. The molecule has 0 fully saturated rings. The molecule has 0 aliphatic heterocycles. The summed E-state index contributed by atoms with van der Waals surface area (Å²) >= 11 is 0. The molecular weight excluding hydrogens is 174 g/mol. The zero-order valence-corrected chi connectivity index (χ0v) is 10.2. The van der Waals surface area contributed by atoms with E-state index in [1.54, 1.807) is 0 Å². The van der Waals surface area contributed by atoms with Gasteiger partial charge in [-0.3, -0.25) is 0 Å². The standard InChI is InChI=1S/C12H27NO/c1-5-10(6-2)12(14)9-13-11(7-3)8-4/h10-14H,5-9H2,1-4H3. The molecule has 0 amide bonds. The van der Waals surface area contributed by atoms with Crippen LogP contribution in [0.25, 0.3) is 0 Å². The van der Waals surface area contributed by atoms with Gasteiger partial charge in [0.2, 0.25) is 0 Å². The first-order valence-electron chi connectivity index (χ1n) is 6.10. The van der Waals surface area contributed by atoms with Crippen LogP contribution in [0.4, 0.5) is 0 Å². The van der Waals surface area contributed by atoms with Gasteiger partial charge in [-0.2, -0.15) is 0 Å². The van der Waals surface area contributed by atoms with Gasteiger partial charge in [0.1, 0.15) is 0 Å². The van der Waals surface area contributed by atoms with Gasteiger partial charge in [0.05, 0.1) is 6.10 Å². The monoisotopic (exact) mass is 201 g/mol. The van der Waals surface area contributed by atoms with Gasteiger partial charge in [-0.05, 0) is 18.8 Å². The van der Waals surface area contributed by atoms with E-state index in [0.717, 1.165) is 32.2 Å². The van der Waals surface area contributed by atoms with Crippen LogP contribution in [0.15, 0.2) is 0 Å². The highest BCUT2D eigenvalue weighted by Crippen LogP contribution is 2.12. The molecule has 14 heavy (non-hydrogen) atoms. The lowest BCUT2D eigenvalue weighted by molar-refractivity contribution is 0.0979. The number of rotatable bonds is 8. The van der Waals surface area contributed by atoms with Gasteiger partial charge in [0.15, 0.2) is 0 Å². The Morgan fingerprint density at radius 2 is 1.43 bits per heavy atom. The molecular formula is C12H27NO. The summed E-state index contributed by atoms with van der Waals surface area (Å²) in [6, 6.07) is 0.569. The molecule has 0 aliphatic rings. The SMILES string of the molecule is CCC(CC)NCC(O)C(CC)CC. The molecule has 0 saturated heterocycles. The van der Waals surface area contributed by atoms with E-state index in [-0.39, 0.29) is 6.10 Å². The van der Waals surface area contributed by atoms with E-state index in [4.69, 9.17) is 0 Å². The number of nitrogens with one attached hydrogen (secondary N) is 1. The van der Waals surface area contributed by atoms with Crippen molar-refractivity contribution in [3.8, 4) is 0 Å². The van der Waals surface area contributed by atoms with Crippen molar-refractivity contribution in [1.29, 1.82) is 0 Å². The van der Waals surface area contributed by atoms with Crippen molar-refractivity contribution in [1.82, 2.24) is 5.32 Å². The van der Waals surface area contributed by atoms with E-state index < -0.39 is 0 Å². The highest BCUT2D eigenvalue weighted by Gasteiger charge is 2.15. The molecule has 2 N–H and O–H groups in total. The zero-order valence-electron chi connectivity index (χ0n) is 10.2. The molecule has 0 aromatic rings. The van der Waals surface area contributed by atoms with E-state index in [9.17, 15) is 5.11 Å². The summed E-state index contributed by atoms with van der Waals surface area (Å²) in [6.45, 7) is 9.41. The van der Waals surface area contributed by atoms with Gasteiger partial charge >= 0.3 is 0 Å². The van der Waals surface area contributed by atoms with Gasteiger partial charge < -0.3 is 10.4 Å². The molecule has 0 radical (unpaired) electrons. The van der Waals surface area contributed by atoms with Crippen molar-refractivity contribution in [3.63, 3.8) is 0 Å². The minimum absolute atomic E-state index is 0.175. The van der Waals surface area contributed by atoms with Crippen LogP contribution in [-0.2, 0) is 0 Å². The molecule has 0 rings (SSSR count). The summed E-state index contributed by atoms with van der Waals surface area (Å²) in [5.74, 6) is 0.455. The predicted octanol–water partition coefficient (Wildman–Crippen LogP) is 2.56. The molecule has 1 unspecified atom stereocenters. The molecule has 0 aromatic heterocycles. The quantitative estimate of drug-likeness (QED) is 0.632. The third kappa shape index (κ3) is 4.97. The average Bonchev–Trinajstić information content (AvgIpc) is 2.21. The number of aliphatic hydroxyl groups is 1. The fourth-order valence-electron chi connectivity index (χ4n) is 1.86.